The van der Waals surface area contributed by atoms with Gasteiger partial charge in [0.1, 0.15) is 10.2 Å². The monoisotopic (exact) mass is 279 g/mol. The molecule has 0 atom stereocenters. The maximum Gasteiger partial charge on any atom is 0.222 e. The lowest BCUT2D eigenvalue weighted by Gasteiger charge is -2.06. The van der Waals surface area contributed by atoms with E-state index in [1.54, 1.807) is 6.07 Å². The zero-order chi connectivity index (χ0) is 13.1. The van der Waals surface area contributed by atoms with Crippen molar-refractivity contribution in [3.63, 3.8) is 0 Å². The van der Waals surface area contributed by atoms with Gasteiger partial charge in [0.15, 0.2) is 0 Å². The van der Waals surface area contributed by atoms with E-state index in [0.717, 1.165) is 9.92 Å². The number of benzene rings is 1. The molecule has 1 aromatic carbocycles. The van der Waals surface area contributed by atoms with Crippen LogP contribution in [0.25, 0.3) is 0 Å². The van der Waals surface area contributed by atoms with E-state index in [4.69, 9.17) is 17.3 Å². The molecule has 1 aromatic heterocycles. The highest BCUT2D eigenvalue weighted by atomic mass is 35.5. The highest BCUT2D eigenvalue weighted by Crippen LogP contribution is 2.28. The quantitative estimate of drug-likeness (QED) is 0.863. The Morgan fingerprint density at radius 2 is 1.83 bits per heavy atom. The van der Waals surface area contributed by atoms with Crippen molar-refractivity contribution in [3.05, 3.63) is 41.0 Å². The third-order valence-electron chi connectivity index (χ3n) is 2.46. The summed E-state index contributed by atoms with van der Waals surface area (Å²) in [7, 11) is 0. The number of nitrogens with two attached hydrogens (primary N) is 1. The number of nitrogens with zero attached hydrogens (tertiary/aromatic N) is 2. The van der Waals surface area contributed by atoms with Gasteiger partial charge in [-0.2, -0.15) is 0 Å². The average Bonchev–Trinajstić information content (AvgIpc) is 2.28. The SMILES string of the molecule is CC(C)c1ccc(Sc2cc(Cl)nc(N)n2)cc1. The number of hydrogen-bond donors (Lipinski definition) is 1. The molecule has 2 rings (SSSR count). The largest absolute Gasteiger partial charge is 0.368 e. The molecular weight excluding hydrogens is 266 g/mol. The molecular formula is C13H14ClN3S. The molecule has 0 bridgehead atoms. The predicted molar refractivity (Wildman–Crippen MR) is 76.1 cm³/mol. The van der Waals surface area contributed by atoms with Crippen LogP contribution in [0.4, 0.5) is 5.95 Å². The Labute approximate surface area is 116 Å². The van der Waals surface area contributed by atoms with E-state index >= 15 is 0 Å². The molecule has 0 radical (unpaired) electrons. The molecule has 2 N–H and O–H groups in total. The van der Waals surface area contributed by atoms with E-state index < -0.39 is 0 Å². The molecule has 1 heterocycles. The van der Waals surface area contributed by atoms with E-state index in [1.165, 1.54) is 17.3 Å². The third-order valence-corrected chi connectivity index (χ3v) is 3.58. The molecule has 3 nitrogen and oxygen atoms in total. The van der Waals surface area contributed by atoms with Crippen LogP contribution in [0.3, 0.4) is 0 Å². The van der Waals surface area contributed by atoms with Gasteiger partial charge in [-0.15, -0.1) is 0 Å². The number of nitrogen functional groups attached to an aromatic ring is 1. The fourth-order valence-electron chi connectivity index (χ4n) is 1.51. The molecule has 94 valence electrons. The number of rotatable bonds is 3. The van der Waals surface area contributed by atoms with E-state index in [9.17, 15) is 0 Å². The summed E-state index contributed by atoms with van der Waals surface area (Å²) in [6, 6.07) is 10.1. The third kappa shape index (κ3) is 3.37. The minimum atomic E-state index is 0.198. The van der Waals surface area contributed by atoms with Crippen LogP contribution in [0.5, 0.6) is 0 Å². The number of aromatic nitrogens is 2. The summed E-state index contributed by atoms with van der Waals surface area (Å²) in [4.78, 5) is 9.07. The maximum atomic E-state index is 5.84. The van der Waals surface area contributed by atoms with Gasteiger partial charge in [-0.25, -0.2) is 9.97 Å². The van der Waals surface area contributed by atoms with Gasteiger partial charge >= 0.3 is 0 Å². The zero-order valence-corrected chi connectivity index (χ0v) is 11.8. The first kappa shape index (κ1) is 13.2. The van der Waals surface area contributed by atoms with E-state index in [0.29, 0.717) is 11.1 Å². The molecule has 0 aliphatic carbocycles. The molecule has 0 spiro atoms. The van der Waals surface area contributed by atoms with Crippen molar-refractivity contribution >= 4 is 29.3 Å². The van der Waals surface area contributed by atoms with Crippen molar-refractivity contribution in [1.82, 2.24) is 9.97 Å². The fraction of sp³-hybridized carbons (Fsp3) is 0.231. The summed E-state index contributed by atoms with van der Waals surface area (Å²) in [5, 5.41) is 1.12. The number of halogens is 1. The number of hydrogen-bond acceptors (Lipinski definition) is 4. The van der Waals surface area contributed by atoms with Gasteiger partial charge in [-0.05, 0) is 23.6 Å². The maximum absolute atomic E-state index is 5.84. The fourth-order valence-corrected chi connectivity index (χ4v) is 2.59. The summed E-state index contributed by atoms with van der Waals surface area (Å²) < 4.78 is 0. The molecule has 0 unspecified atom stereocenters. The van der Waals surface area contributed by atoms with E-state index in [2.05, 4.69) is 48.1 Å². The Hall–Kier alpha value is -1.26. The van der Waals surface area contributed by atoms with Crippen LogP contribution < -0.4 is 5.73 Å². The summed E-state index contributed by atoms with van der Waals surface area (Å²) in [5.74, 6) is 0.733. The summed E-state index contributed by atoms with van der Waals surface area (Å²) >= 11 is 7.36. The van der Waals surface area contributed by atoms with Crippen molar-refractivity contribution in [1.29, 1.82) is 0 Å². The first-order valence-corrected chi connectivity index (χ1v) is 6.82. The minimum absolute atomic E-state index is 0.198. The van der Waals surface area contributed by atoms with Gasteiger partial charge in [-0.1, -0.05) is 49.3 Å². The molecule has 0 amide bonds. The normalized spacial score (nSPS) is 10.9. The van der Waals surface area contributed by atoms with Gasteiger partial charge in [0, 0.05) is 11.0 Å². The van der Waals surface area contributed by atoms with Crippen LogP contribution in [0.2, 0.25) is 5.15 Å². The van der Waals surface area contributed by atoms with Gasteiger partial charge in [0.25, 0.3) is 0 Å². The smallest absolute Gasteiger partial charge is 0.222 e. The standard InChI is InChI=1S/C13H14ClN3S/c1-8(2)9-3-5-10(6-4-9)18-12-7-11(14)16-13(15)17-12/h3-8H,1-2H3,(H2,15,16,17). The van der Waals surface area contributed by atoms with Crippen molar-refractivity contribution in [3.8, 4) is 0 Å². The topological polar surface area (TPSA) is 51.8 Å². The van der Waals surface area contributed by atoms with Crippen molar-refractivity contribution in [2.24, 2.45) is 0 Å². The molecule has 2 aromatic rings. The van der Waals surface area contributed by atoms with Crippen molar-refractivity contribution in [2.75, 3.05) is 5.73 Å². The van der Waals surface area contributed by atoms with Crippen LogP contribution in [0, 0.1) is 0 Å². The molecule has 0 aliphatic rings. The Bertz CT molecular complexity index is 520. The second kappa shape index (κ2) is 5.59. The molecule has 0 saturated carbocycles. The second-order valence-electron chi connectivity index (χ2n) is 4.21. The molecule has 0 aliphatic heterocycles. The van der Waals surface area contributed by atoms with Gasteiger partial charge in [-0.3, -0.25) is 0 Å². The van der Waals surface area contributed by atoms with Crippen molar-refractivity contribution < 1.29 is 0 Å². The van der Waals surface area contributed by atoms with Gasteiger partial charge in [0.2, 0.25) is 5.95 Å². The van der Waals surface area contributed by atoms with Gasteiger partial charge < -0.3 is 5.73 Å². The first-order valence-electron chi connectivity index (χ1n) is 5.62. The van der Waals surface area contributed by atoms with Crippen molar-refractivity contribution in [2.45, 2.75) is 29.7 Å². The van der Waals surface area contributed by atoms with Crippen LogP contribution >= 0.6 is 23.4 Å². The Kier molecular flexibility index (Phi) is 4.09. The average molecular weight is 280 g/mol. The highest BCUT2D eigenvalue weighted by Gasteiger charge is 2.04. The lowest BCUT2D eigenvalue weighted by atomic mass is 10.0. The van der Waals surface area contributed by atoms with Crippen LogP contribution in [-0.2, 0) is 0 Å². The zero-order valence-electron chi connectivity index (χ0n) is 10.2. The highest BCUT2D eigenvalue weighted by molar-refractivity contribution is 7.99. The Balaban J connectivity index is 2.18. The molecule has 0 saturated heterocycles. The van der Waals surface area contributed by atoms with Crippen LogP contribution in [0.15, 0.2) is 40.3 Å². The summed E-state index contributed by atoms with van der Waals surface area (Å²) in [6.07, 6.45) is 0. The summed E-state index contributed by atoms with van der Waals surface area (Å²) in [6.45, 7) is 4.35. The molecule has 18 heavy (non-hydrogen) atoms. The first-order chi connectivity index (χ1) is 8.54. The molecule has 0 fully saturated rings. The second-order valence-corrected chi connectivity index (χ2v) is 5.69. The summed E-state index contributed by atoms with van der Waals surface area (Å²) in [5.41, 5.74) is 6.88. The molecule has 5 heteroatoms. The Morgan fingerprint density at radius 3 is 2.39 bits per heavy atom. The van der Waals surface area contributed by atoms with Crippen LogP contribution in [0.1, 0.15) is 25.3 Å². The number of anilines is 1. The van der Waals surface area contributed by atoms with E-state index in [1.807, 2.05) is 0 Å². The predicted octanol–water partition coefficient (Wildman–Crippen LogP) is 3.99. The van der Waals surface area contributed by atoms with Crippen LogP contribution in [-0.4, -0.2) is 9.97 Å². The lowest BCUT2D eigenvalue weighted by molar-refractivity contribution is 0.865. The van der Waals surface area contributed by atoms with Gasteiger partial charge in [0.05, 0.1) is 0 Å². The minimum Gasteiger partial charge on any atom is -0.368 e. The lowest BCUT2D eigenvalue weighted by Crippen LogP contribution is -1.95. The Morgan fingerprint density at radius 1 is 1.17 bits per heavy atom. The van der Waals surface area contributed by atoms with E-state index in [-0.39, 0.29) is 5.95 Å².